The second kappa shape index (κ2) is 7.18. The molecule has 0 bridgehead atoms. The van der Waals surface area contributed by atoms with Gasteiger partial charge in [-0.2, -0.15) is 0 Å². The molecule has 0 amide bonds. The number of pyridine rings is 1. The van der Waals surface area contributed by atoms with Gasteiger partial charge < -0.3 is 4.42 Å². The Labute approximate surface area is 194 Å². The first-order chi connectivity index (χ1) is 15.0. The molecule has 2 aromatic carbocycles. The van der Waals surface area contributed by atoms with Gasteiger partial charge in [-0.1, -0.05) is 65.8 Å². The van der Waals surface area contributed by atoms with Gasteiger partial charge in [0.25, 0.3) is 0 Å². The fraction of sp³-hybridized carbons (Fsp3) is 0.345. The molecule has 0 radical (unpaired) electrons. The molecule has 5 aromatic rings. The van der Waals surface area contributed by atoms with Gasteiger partial charge in [0.2, 0.25) is 0 Å². The number of aryl methyl sites for hydroxylation is 1. The van der Waals surface area contributed by atoms with Crippen LogP contribution < -0.4 is 0 Å². The number of aromatic nitrogens is 1. The predicted molar refractivity (Wildman–Crippen MR) is 139 cm³/mol. The summed E-state index contributed by atoms with van der Waals surface area (Å²) in [7, 11) is 0. The summed E-state index contributed by atoms with van der Waals surface area (Å²) in [6.07, 6.45) is 2.95. The summed E-state index contributed by atoms with van der Waals surface area (Å²) in [5, 5.41) is 3.78. The Hall–Kier alpha value is -2.65. The highest BCUT2D eigenvalue weighted by atomic mass is 32.1. The van der Waals surface area contributed by atoms with Crippen molar-refractivity contribution < 1.29 is 4.42 Å². The van der Waals surface area contributed by atoms with Crippen molar-refractivity contribution in [1.29, 1.82) is 0 Å². The molecule has 3 heterocycles. The molecule has 32 heavy (non-hydrogen) atoms. The summed E-state index contributed by atoms with van der Waals surface area (Å²) in [6, 6.07) is 15.5. The van der Waals surface area contributed by atoms with Crippen LogP contribution in [0, 0.1) is 12.3 Å². The molecule has 0 N–H and O–H groups in total. The van der Waals surface area contributed by atoms with Gasteiger partial charge >= 0.3 is 0 Å². The third-order valence-corrected chi connectivity index (χ3v) is 7.38. The topological polar surface area (TPSA) is 26.0 Å². The quantitative estimate of drug-likeness (QED) is 0.273. The Morgan fingerprint density at radius 2 is 1.66 bits per heavy atom. The standard InChI is InChI=1S/C29H31NOS/c1-17-25-24(31-27(17)29(5,6)7)22-12-13-30-23(26(22)32-25)19-14-18-10-8-9-11-21(18)20(15-19)16-28(2,3)4/h8-15H,16H2,1-7H3. The van der Waals surface area contributed by atoms with E-state index in [4.69, 9.17) is 9.40 Å². The molecule has 0 aliphatic rings. The van der Waals surface area contributed by atoms with Crippen molar-refractivity contribution in [2.45, 2.75) is 60.3 Å². The number of benzene rings is 2. The molecule has 5 rings (SSSR count). The van der Waals surface area contributed by atoms with Crippen LogP contribution in [0.2, 0.25) is 0 Å². The monoisotopic (exact) mass is 441 g/mol. The number of rotatable bonds is 2. The Kier molecular flexibility index (Phi) is 4.76. The van der Waals surface area contributed by atoms with E-state index in [9.17, 15) is 0 Å². The van der Waals surface area contributed by atoms with Crippen LogP contribution in [0.25, 0.3) is 42.4 Å². The fourth-order valence-corrected chi connectivity index (χ4v) is 6.03. The van der Waals surface area contributed by atoms with Crippen LogP contribution in [0.5, 0.6) is 0 Å². The van der Waals surface area contributed by atoms with Gasteiger partial charge in [-0.25, -0.2) is 0 Å². The Morgan fingerprint density at radius 3 is 2.38 bits per heavy atom. The third kappa shape index (κ3) is 3.53. The summed E-state index contributed by atoms with van der Waals surface area (Å²) in [6.45, 7) is 15.7. The largest absolute Gasteiger partial charge is 0.459 e. The van der Waals surface area contributed by atoms with E-state index in [0.717, 1.165) is 23.5 Å². The average molecular weight is 442 g/mol. The molecule has 0 aliphatic carbocycles. The normalized spacial score (nSPS) is 13.0. The number of hydrogen-bond acceptors (Lipinski definition) is 3. The van der Waals surface area contributed by atoms with E-state index in [0.29, 0.717) is 0 Å². The molecule has 3 heteroatoms. The summed E-state index contributed by atoms with van der Waals surface area (Å²) in [5.41, 5.74) is 6.09. The zero-order chi connectivity index (χ0) is 22.8. The van der Waals surface area contributed by atoms with E-state index in [1.54, 1.807) is 0 Å². The smallest absolute Gasteiger partial charge is 0.153 e. The molecule has 0 spiro atoms. The van der Waals surface area contributed by atoms with E-state index in [1.165, 1.54) is 42.2 Å². The highest BCUT2D eigenvalue weighted by Gasteiger charge is 2.26. The van der Waals surface area contributed by atoms with Gasteiger partial charge in [-0.3, -0.25) is 4.98 Å². The number of thiophene rings is 1. The van der Waals surface area contributed by atoms with Crippen LogP contribution >= 0.6 is 11.3 Å². The molecular weight excluding hydrogens is 410 g/mol. The lowest BCUT2D eigenvalue weighted by atomic mass is 9.85. The molecule has 0 fully saturated rings. The first-order valence-corrected chi connectivity index (χ1v) is 12.2. The van der Waals surface area contributed by atoms with Crippen LogP contribution in [-0.2, 0) is 11.8 Å². The van der Waals surface area contributed by atoms with Crippen molar-refractivity contribution in [3.63, 3.8) is 0 Å². The molecule has 3 aromatic heterocycles. The second-order valence-electron chi connectivity index (χ2n) is 11.2. The molecular formula is C29H31NOS. The number of furan rings is 1. The first-order valence-electron chi connectivity index (χ1n) is 11.4. The van der Waals surface area contributed by atoms with Crippen molar-refractivity contribution in [2.75, 3.05) is 0 Å². The molecule has 2 nitrogen and oxygen atoms in total. The van der Waals surface area contributed by atoms with Crippen LogP contribution in [0.15, 0.2) is 53.1 Å². The molecule has 0 aliphatic heterocycles. The van der Waals surface area contributed by atoms with E-state index < -0.39 is 0 Å². The maximum atomic E-state index is 6.45. The Balaban J connectivity index is 1.76. The second-order valence-corrected chi connectivity index (χ2v) is 12.2. The lowest BCUT2D eigenvalue weighted by molar-refractivity contribution is 0.412. The van der Waals surface area contributed by atoms with Crippen molar-refractivity contribution in [1.82, 2.24) is 4.98 Å². The average Bonchev–Trinajstić information content (AvgIpc) is 3.23. The van der Waals surface area contributed by atoms with Crippen molar-refractivity contribution in [2.24, 2.45) is 5.41 Å². The van der Waals surface area contributed by atoms with Crippen LogP contribution in [0.3, 0.4) is 0 Å². The zero-order valence-corrected chi connectivity index (χ0v) is 20.9. The maximum Gasteiger partial charge on any atom is 0.153 e. The van der Waals surface area contributed by atoms with E-state index in [1.807, 2.05) is 17.5 Å². The fourth-order valence-electron chi connectivity index (χ4n) is 4.80. The Morgan fingerprint density at radius 1 is 0.906 bits per heavy atom. The van der Waals surface area contributed by atoms with Gasteiger partial charge in [-0.15, -0.1) is 11.3 Å². The summed E-state index contributed by atoms with van der Waals surface area (Å²) in [4.78, 5) is 4.87. The molecule has 0 saturated heterocycles. The van der Waals surface area contributed by atoms with E-state index >= 15 is 0 Å². The first kappa shape index (κ1) is 21.2. The summed E-state index contributed by atoms with van der Waals surface area (Å²) >= 11 is 1.81. The number of nitrogens with zero attached hydrogens (tertiary/aromatic N) is 1. The minimum atomic E-state index is -0.00872. The summed E-state index contributed by atoms with van der Waals surface area (Å²) < 4.78 is 8.91. The summed E-state index contributed by atoms with van der Waals surface area (Å²) in [5.74, 6) is 1.08. The van der Waals surface area contributed by atoms with Gasteiger partial charge in [0.05, 0.1) is 15.1 Å². The Bertz CT molecular complexity index is 1470. The molecule has 0 atom stereocenters. The highest BCUT2D eigenvalue weighted by molar-refractivity contribution is 7.26. The molecule has 0 unspecified atom stereocenters. The predicted octanol–water partition coefficient (Wildman–Crippen LogP) is 9.06. The van der Waals surface area contributed by atoms with Crippen LogP contribution in [0.1, 0.15) is 58.4 Å². The van der Waals surface area contributed by atoms with Gasteiger partial charge in [-0.05, 0) is 53.3 Å². The number of fused-ring (bicyclic) bond motifs is 4. The number of hydrogen-bond donors (Lipinski definition) is 0. The highest BCUT2D eigenvalue weighted by Crippen LogP contribution is 2.45. The minimum Gasteiger partial charge on any atom is -0.459 e. The van der Waals surface area contributed by atoms with Crippen molar-refractivity contribution in [3.8, 4) is 11.3 Å². The SMILES string of the molecule is Cc1c(C(C)(C)C)oc2c1sc1c(-c3cc(CC(C)(C)C)c4ccccc4c3)nccc12. The van der Waals surface area contributed by atoms with E-state index in [2.05, 4.69) is 90.9 Å². The zero-order valence-electron chi connectivity index (χ0n) is 20.1. The maximum absolute atomic E-state index is 6.45. The molecule has 164 valence electrons. The lowest BCUT2D eigenvalue weighted by Crippen LogP contribution is -2.10. The third-order valence-electron chi connectivity index (χ3n) is 6.07. The van der Waals surface area contributed by atoms with Crippen molar-refractivity contribution >= 4 is 42.5 Å². The van der Waals surface area contributed by atoms with E-state index in [-0.39, 0.29) is 10.8 Å². The minimum absolute atomic E-state index is 0.00872. The van der Waals surface area contributed by atoms with Gasteiger partial charge in [0.1, 0.15) is 5.76 Å². The molecule has 0 saturated carbocycles. The van der Waals surface area contributed by atoms with Crippen molar-refractivity contribution in [3.05, 3.63) is 65.5 Å². The van der Waals surface area contributed by atoms with Gasteiger partial charge in [0.15, 0.2) is 5.58 Å². The lowest BCUT2D eigenvalue weighted by Gasteiger charge is -2.20. The van der Waals surface area contributed by atoms with Gasteiger partial charge in [0, 0.05) is 28.1 Å². The van der Waals surface area contributed by atoms with Crippen LogP contribution in [-0.4, -0.2) is 4.98 Å². The van der Waals surface area contributed by atoms with Crippen LogP contribution in [0.4, 0.5) is 0 Å².